The zero-order valence-corrected chi connectivity index (χ0v) is 26.8. The summed E-state index contributed by atoms with van der Waals surface area (Å²) >= 11 is 0. The number of hydrogen-bond acceptors (Lipinski definition) is 0. The van der Waals surface area contributed by atoms with Crippen molar-refractivity contribution in [1.82, 2.24) is 4.57 Å². The van der Waals surface area contributed by atoms with E-state index in [2.05, 4.69) is 193 Å². The summed E-state index contributed by atoms with van der Waals surface area (Å²) in [7, 11) is 0. The van der Waals surface area contributed by atoms with Crippen molar-refractivity contribution in [2.24, 2.45) is 0 Å². The summed E-state index contributed by atoms with van der Waals surface area (Å²) in [5.41, 5.74) is 11.1. The molecule has 0 bridgehead atoms. The molecule has 0 saturated carbocycles. The highest BCUT2D eigenvalue weighted by atomic mass is 15.0. The summed E-state index contributed by atoms with van der Waals surface area (Å²) in [6, 6.07) is 68.7. The van der Waals surface area contributed by atoms with E-state index in [1.54, 1.807) is 0 Å². The van der Waals surface area contributed by atoms with Gasteiger partial charge in [-0.05, 0) is 84.6 Å². The molecule has 1 aromatic heterocycles. The first-order valence-corrected chi connectivity index (χ1v) is 17.0. The third-order valence-electron chi connectivity index (χ3n) is 10.2. The predicted octanol–water partition coefficient (Wildman–Crippen LogP) is 13.2. The van der Waals surface area contributed by atoms with Gasteiger partial charge in [0.15, 0.2) is 0 Å². The van der Waals surface area contributed by atoms with Crippen LogP contribution in [0.3, 0.4) is 0 Å². The van der Waals surface area contributed by atoms with Crippen LogP contribution in [0.4, 0.5) is 0 Å². The molecule has 0 N–H and O–H groups in total. The van der Waals surface area contributed by atoms with Crippen LogP contribution in [-0.4, -0.2) is 4.57 Å². The Bertz CT molecular complexity index is 2810. The summed E-state index contributed by atoms with van der Waals surface area (Å²) in [6.07, 6.45) is 0. The zero-order chi connectivity index (χ0) is 32.3. The van der Waals surface area contributed by atoms with Crippen LogP contribution in [0.5, 0.6) is 0 Å². The number of hydrogen-bond donors (Lipinski definition) is 0. The van der Waals surface area contributed by atoms with E-state index in [4.69, 9.17) is 0 Å². The molecule has 0 saturated heterocycles. The molecule has 228 valence electrons. The average molecular weight is 622 g/mol. The van der Waals surface area contributed by atoms with Crippen molar-refractivity contribution in [1.29, 1.82) is 0 Å². The Hall–Kier alpha value is -6.44. The lowest BCUT2D eigenvalue weighted by Gasteiger charge is -2.19. The van der Waals surface area contributed by atoms with Gasteiger partial charge in [-0.15, -0.1) is 0 Å². The van der Waals surface area contributed by atoms with Gasteiger partial charge >= 0.3 is 0 Å². The molecular weight excluding hydrogens is 591 g/mol. The van der Waals surface area contributed by atoms with E-state index < -0.39 is 0 Å². The second-order valence-electron chi connectivity index (χ2n) is 12.8. The Morgan fingerprint density at radius 2 is 0.735 bits per heavy atom. The van der Waals surface area contributed by atoms with Crippen LogP contribution in [0.25, 0.3) is 93.2 Å². The van der Waals surface area contributed by atoms with E-state index in [0.717, 1.165) is 0 Å². The highest BCUT2D eigenvalue weighted by molar-refractivity contribution is 6.22. The number of para-hydroxylation sites is 2. The highest BCUT2D eigenvalue weighted by Crippen LogP contribution is 2.45. The van der Waals surface area contributed by atoms with Crippen molar-refractivity contribution in [3.63, 3.8) is 0 Å². The Balaban J connectivity index is 1.27. The van der Waals surface area contributed by atoms with Gasteiger partial charge in [0.05, 0.1) is 16.7 Å². The molecule has 0 atom stereocenters. The smallest absolute Gasteiger partial charge is 0.0541 e. The fourth-order valence-electron chi connectivity index (χ4n) is 8.10. The minimum atomic E-state index is 1.19. The van der Waals surface area contributed by atoms with Gasteiger partial charge in [-0.3, -0.25) is 0 Å². The fourth-order valence-corrected chi connectivity index (χ4v) is 8.10. The first-order chi connectivity index (χ1) is 24.3. The summed E-state index contributed by atoms with van der Waals surface area (Å²) in [5.74, 6) is 0. The van der Waals surface area contributed by atoms with Crippen LogP contribution >= 0.6 is 0 Å². The summed E-state index contributed by atoms with van der Waals surface area (Å²) < 4.78 is 2.43. The molecule has 0 fully saturated rings. The minimum absolute atomic E-state index is 1.19. The number of rotatable bonds is 4. The maximum Gasteiger partial charge on any atom is 0.0541 e. The van der Waals surface area contributed by atoms with Crippen LogP contribution in [0, 0.1) is 0 Å². The van der Waals surface area contributed by atoms with Gasteiger partial charge in [0.1, 0.15) is 0 Å². The first-order valence-electron chi connectivity index (χ1n) is 17.0. The van der Waals surface area contributed by atoms with Crippen molar-refractivity contribution in [3.05, 3.63) is 188 Å². The molecule has 0 aliphatic heterocycles. The van der Waals surface area contributed by atoms with Crippen molar-refractivity contribution in [2.45, 2.75) is 0 Å². The number of benzene rings is 9. The van der Waals surface area contributed by atoms with Crippen molar-refractivity contribution < 1.29 is 0 Å². The molecule has 10 aromatic rings. The molecule has 10 rings (SSSR count). The molecule has 0 unspecified atom stereocenters. The van der Waals surface area contributed by atoms with Crippen molar-refractivity contribution in [2.75, 3.05) is 0 Å². The summed E-state index contributed by atoms with van der Waals surface area (Å²) in [4.78, 5) is 0. The molecule has 1 nitrogen and oxygen atoms in total. The molecule has 49 heavy (non-hydrogen) atoms. The second-order valence-corrected chi connectivity index (χ2v) is 12.8. The van der Waals surface area contributed by atoms with Crippen LogP contribution in [0.2, 0.25) is 0 Å². The molecule has 9 aromatic carbocycles. The van der Waals surface area contributed by atoms with Crippen molar-refractivity contribution >= 4 is 54.1 Å². The molecule has 1 heterocycles. The molecule has 0 spiro atoms. The second kappa shape index (κ2) is 11.1. The topological polar surface area (TPSA) is 4.93 Å². The molecule has 0 aliphatic rings. The quantitative estimate of drug-likeness (QED) is 0.172. The van der Waals surface area contributed by atoms with Crippen LogP contribution < -0.4 is 0 Å². The SMILES string of the molecule is c1ccc(-c2c3ccccc3c(-c3ccccc3)c3cc(-c4cccc5c(-n6c7ccccc7c7ccccc76)cccc45)ccc23)cc1. The largest absolute Gasteiger partial charge is 0.309 e. The van der Waals surface area contributed by atoms with Crippen molar-refractivity contribution in [3.8, 4) is 39.1 Å². The zero-order valence-electron chi connectivity index (χ0n) is 26.8. The normalized spacial score (nSPS) is 11.7. The van der Waals surface area contributed by atoms with E-state index in [-0.39, 0.29) is 0 Å². The van der Waals surface area contributed by atoms with Crippen LogP contribution in [0.15, 0.2) is 188 Å². The van der Waals surface area contributed by atoms with Gasteiger partial charge < -0.3 is 4.57 Å². The monoisotopic (exact) mass is 621 g/mol. The highest BCUT2D eigenvalue weighted by Gasteiger charge is 2.19. The predicted molar refractivity (Wildman–Crippen MR) is 210 cm³/mol. The van der Waals surface area contributed by atoms with Gasteiger partial charge in [0, 0.05) is 16.2 Å². The molecule has 0 radical (unpaired) electrons. The number of nitrogens with zero attached hydrogens (tertiary/aromatic N) is 1. The average Bonchev–Trinajstić information content (AvgIpc) is 3.51. The lowest BCUT2D eigenvalue weighted by Crippen LogP contribution is -1.96. The van der Waals surface area contributed by atoms with Gasteiger partial charge in [0.25, 0.3) is 0 Å². The third kappa shape index (κ3) is 4.26. The van der Waals surface area contributed by atoms with E-state index in [1.807, 2.05) is 0 Å². The molecular formula is C48H31N. The number of aromatic nitrogens is 1. The lowest BCUT2D eigenvalue weighted by molar-refractivity contribution is 1.20. The van der Waals surface area contributed by atoms with Crippen LogP contribution in [0.1, 0.15) is 0 Å². The van der Waals surface area contributed by atoms with E-state index in [9.17, 15) is 0 Å². The summed E-state index contributed by atoms with van der Waals surface area (Å²) in [5, 5.41) is 10.1. The lowest BCUT2D eigenvalue weighted by atomic mass is 9.84. The third-order valence-corrected chi connectivity index (χ3v) is 10.2. The Morgan fingerprint density at radius 1 is 0.265 bits per heavy atom. The molecule has 1 heteroatoms. The Morgan fingerprint density at radius 3 is 1.37 bits per heavy atom. The fraction of sp³-hybridized carbons (Fsp3) is 0. The maximum atomic E-state index is 2.43. The first kappa shape index (κ1) is 27.7. The Kier molecular flexibility index (Phi) is 6.25. The van der Waals surface area contributed by atoms with E-state index in [0.29, 0.717) is 0 Å². The van der Waals surface area contributed by atoms with Crippen LogP contribution in [-0.2, 0) is 0 Å². The number of fused-ring (bicyclic) bond motifs is 6. The molecule has 0 amide bonds. The summed E-state index contributed by atoms with van der Waals surface area (Å²) in [6.45, 7) is 0. The van der Waals surface area contributed by atoms with Gasteiger partial charge in [-0.25, -0.2) is 0 Å². The Labute approximate surface area is 284 Å². The van der Waals surface area contributed by atoms with Gasteiger partial charge in [0.2, 0.25) is 0 Å². The maximum absolute atomic E-state index is 2.43. The standard InChI is InChI=1S/C48H31N/c1-3-15-32(16-4-1)47-40-21-7-8-22-41(40)48(33-17-5-2-6-18-33)43-31-34(29-30-42(43)47)35-23-13-25-37-36(35)24-14-28-46(37)49-44-26-11-9-19-38(44)39-20-10-12-27-45(39)49/h1-31H. The van der Waals surface area contributed by atoms with Gasteiger partial charge in [-0.1, -0.05) is 164 Å². The minimum Gasteiger partial charge on any atom is -0.309 e. The van der Waals surface area contributed by atoms with E-state index >= 15 is 0 Å². The van der Waals surface area contributed by atoms with E-state index in [1.165, 1.54) is 93.2 Å². The molecule has 0 aliphatic carbocycles. The van der Waals surface area contributed by atoms with Gasteiger partial charge in [-0.2, -0.15) is 0 Å².